The topological polar surface area (TPSA) is 108 Å². The molecule has 1 aromatic heterocycles. The Kier molecular flexibility index (Phi) is 3.23. The number of aliphatic carboxylic acids is 1. The molecular weight excluding hydrogens is 274 g/mol. The van der Waals surface area contributed by atoms with E-state index in [1.54, 1.807) is 18.7 Å². The van der Waals surface area contributed by atoms with Gasteiger partial charge in [0.25, 0.3) is 5.95 Å². The molecule has 2 bridgehead atoms. The highest BCUT2D eigenvalue weighted by atomic mass is 16.4. The summed E-state index contributed by atoms with van der Waals surface area (Å²) in [4.78, 5) is 29.4. The van der Waals surface area contributed by atoms with E-state index in [1.807, 2.05) is 0 Å². The lowest BCUT2D eigenvalue weighted by atomic mass is 9.89. The molecule has 112 valence electrons. The van der Waals surface area contributed by atoms with E-state index in [1.165, 1.54) is 0 Å². The fraction of sp³-hybridized carbons (Fsp3) is 0.615. The molecule has 0 saturated carbocycles. The van der Waals surface area contributed by atoms with E-state index in [0.717, 1.165) is 12.8 Å². The fourth-order valence-corrected chi connectivity index (χ4v) is 3.24. The number of rotatable bonds is 2. The summed E-state index contributed by atoms with van der Waals surface area (Å²) in [6, 6.07) is -0.570. The maximum absolute atomic E-state index is 12.4. The van der Waals surface area contributed by atoms with Gasteiger partial charge in [-0.2, -0.15) is 5.10 Å². The second-order valence-corrected chi connectivity index (χ2v) is 5.62. The van der Waals surface area contributed by atoms with Crippen molar-refractivity contribution in [3.05, 3.63) is 11.4 Å². The number of nitrogens with one attached hydrogen (secondary N) is 1. The highest BCUT2D eigenvalue weighted by Gasteiger charge is 2.51. The van der Waals surface area contributed by atoms with Gasteiger partial charge in [-0.3, -0.25) is 10.1 Å². The number of anilines is 1. The molecule has 3 unspecified atom stereocenters. The smallest absolute Gasteiger partial charge is 0.324 e. The molecule has 3 atom stereocenters. The number of carboxylic acid groups (broad SMARTS) is 1. The standard InChI is InChI=1S/C13H17N5O3/c1-6-7(2)16-17-12(14-6)15-13(21)18-8-3-4-10(18)9(5-8)11(19)20/h8-10H,3-5H2,1-2H3,(H,19,20)(H,14,15,17,21). The van der Waals surface area contributed by atoms with Crippen LogP contribution in [0.15, 0.2) is 0 Å². The van der Waals surface area contributed by atoms with Gasteiger partial charge >= 0.3 is 12.0 Å². The van der Waals surface area contributed by atoms with Crippen molar-refractivity contribution in [3.63, 3.8) is 0 Å². The van der Waals surface area contributed by atoms with Crippen LogP contribution < -0.4 is 5.32 Å². The van der Waals surface area contributed by atoms with E-state index in [9.17, 15) is 14.7 Å². The van der Waals surface area contributed by atoms with Crippen LogP contribution in [0, 0.1) is 19.8 Å². The lowest BCUT2D eigenvalue weighted by Crippen LogP contribution is -2.41. The number of urea groups is 1. The molecule has 2 fully saturated rings. The first kappa shape index (κ1) is 13.7. The second kappa shape index (κ2) is 4.94. The van der Waals surface area contributed by atoms with Crippen LogP contribution in [-0.4, -0.2) is 49.3 Å². The third-order valence-electron chi connectivity index (χ3n) is 4.40. The molecule has 3 rings (SSSR count). The Morgan fingerprint density at radius 2 is 2.00 bits per heavy atom. The molecule has 3 heterocycles. The number of aryl methyl sites for hydroxylation is 2. The average molecular weight is 291 g/mol. The third kappa shape index (κ3) is 2.30. The molecule has 0 radical (unpaired) electrons. The summed E-state index contributed by atoms with van der Waals surface area (Å²) < 4.78 is 0. The number of carbonyl (C=O) groups excluding carboxylic acids is 1. The average Bonchev–Trinajstić information content (AvgIpc) is 3.00. The van der Waals surface area contributed by atoms with Gasteiger partial charge in [0.1, 0.15) is 0 Å². The first-order valence-corrected chi connectivity index (χ1v) is 6.97. The van der Waals surface area contributed by atoms with Gasteiger partial charge in [0.2, 0.25) is 0 Å². The number of carbonyl (C=O) groups is 2. The largest absolute Gasteiger partial charge is 0.481 e. The number of hydrogen-bond donors (Lipinski definition) is 2. The van der Waals surface area contributed by atoms with Crippen molar-refractivity contribution in [1.29, 1.82) is 0 Å². The van der Waals surface area contributed by atoms with Gasteiger partial charge in [0, 0.05) is 12.1 Å². The molecule has 2 aliphatic rings. The maximum Gasteiger partial charge on any atom is 0.324 e. The van der Waals surface area contributed by atoms with Crippen LogP contribution in [0.4, 0.5) is 10.7 Å². The molecular formula is C13H17N5O3. The maximum atomic E-state index is 12.4. The summed E-state index contributed by atoms with van der Waals surface area (Å²) in [5.41, 5.74) is 1.41. The zero-order chi connectivity index (χ0) is 15.1. The first-order chi connectivity index (χ1) is 9.97. The zero-order valence-electron chi connectivity index (χ0n) is 11.9. The van der Waals surface area contributed by atoms with Gasteiger partial charge in [0.05, 0.1) is 17.3 Å². The number of fused-ring (bicyclic) bond motifs is 2. The summed E-state index contributed by atoms with van der Waals surface area (Å²) >= 11 is 0. The van der Waals surface area contributed by atoms with Crippen molar-refractivity contribution in [2.45, 2.75) is 45.2 Å². The molecule has 0 aliphatic carbocycles. The fourth-order valence-electron chi connectivity index (χ4n) is 3.24. The van der Waals surface area contributed by atoms with E-state index in [4.69, 9.17) is 0 Å². The molecule has 8 nitrogen and oxygen atoms in total. The summed E-state index contributed by atoms with van der Waals surface area (Å²) in [7, 11) is 0. The van der Waals surface area contributed by atoms with Crippen molar-refractivity contribution < 1.29 is 14.7 Å². The Bertz CT molecular complexity index is 605. The minimum Gasteiger partial charge on any atom is -0.481 e. The van der Waals surface area contributed by atoms with E-state index in [0.29, 0.717) is 17.8 Å². The Labute approximate surface area is 121 Å². The van der Waals surface area contributed by atoms with E-state index in [-0.39, 0.29) is 24.1 Å². The first-order valence-electron chi connectivity index (χ1n) is 6.97. The lowest BCUT2D eigenvalue weighted by Gasteiger charge is -2.22. The highest BCUT2D eigenvalue weighted by Crippen LogP contribution is 2.41. The zero-order valence-corrected chi connectivity index (χ0v) is 11.9. The summed E-state index contributed by atoms with van der Waals surface area (Å²) in [5.74, 6) is -1.14. The monoisotopic (exact) mass is 291 g/mol. The Morgan fingerprint density at radius 3 is 2.62 bits per heavy atom. The predicted octanol–water partition coefficient (Wildman–Crippen LogP) is 0.958. The lowest BCUT2D eigenvalue weighted by molar-refractivity contribution is -0.142. The van der Waals surface area contributed by atoms with Crippen LogP contribution in [0.1, 0.15) is 30.7 Å². The molecule has 0 aromatic carbocycles. The highest BCUT2D eigenvalue weighted by molar-refractivity contribution is 5.89. The van der Waals surface area contributed by atoms with Crippen molar-refractivity contribution in [2.75, 3.05) is 5.32 Å². The normalized spacial score (nSPS) is 27.0. The van der Waals surface area contributed by atoms with Gasteiger partial charge < -0.3 is 10.0 Å². The molecule has 2 N–H and O–H groups in total. The van der Waals surface area contributed by atoms with Crippen molar-refractivity contribution in [3.8, 4) is 0 Å². The molecule has 2 aliphatic heterocycles. The minimum absolute atomic E-state index is 0.00407. The van der Waals surface area contributed by atoms with E-state index < -0.39 is 11.9 Å². The van der Waals surface area contributed by atoms with Crippen molar-refractivity contribution in [2.24, 2.45) is 5.92 Å². The van der Waals surface area contributed by atoms with Crippen LogP contribution >= 0.6 is 0 Å². The van der Waals surface area contributed by atoms with Crippen molar-refractivity contribution in [1.82, 2.24) is 20.1 Å². The number of hydrogen-bond acceptors (Lipinski definition) is 5. The predicted molar refractivity (Wildman–Crippen MR) is 72.7 cm³/mol. The van der Waals surface area contributed by atoms with Crippen LogP contribution in [0.3, 0.4) is 0 Å². The SMILES string of the molecule is Cc1nnc(NC(=O)N2C3CCC2C(C(=O)O)C3)nc1C. The van der Waals surface area contributed by atoms with Crippen LogP contribution in [0.2, 0.25) is 0 Å². The van der Waals surface area contributed by atoms with Crippen LogP contribution in [0.25, 0.3) is 0 Å². The van der Waals surface area contributed by atoms with Crippen molar-refractivity contribution >= 4 is 17.9 Å². The van der Waals surface area contributed by atoms with Gasteiger partial charge in [-0.25, -0.2) is 9.78 Å². The summed E-state index contributed by atoms with van der Waals surface area (Å²) in [5, 5.41) is 19.6. The number of amides is 2. The van der Waals surface area contributed by atoms with Gasteiger partial charge in [0.15, 0.2) is 0 Å². The van der Waals surface area contributed by atoms with Gasteiger partial charge in [-0.05, 0) is 33.1 Å². The molecule has 1 aromatic rings. The number of aromatic nitrogens is 3. The number of carboxylic acids is 1. The molecule has 8 heteroatoms. The van der Waals surface area contributed by atoms with Gasteiger partial charge in [-0.1, -0.05) is 0 Å². The van der Waals surface area contributed by atoms with E-state index in [2.05, 4.69) is 20.5 Å². The molecule has 21 heavy (non-hydrogen) atoms. The third-order valence-corrected chi connectivity index (χ3v) is 4.40. The molecule has 2 saturated heterocycles. The molecule has 0 spiro atoms. The Hall–Kier alpha value is -2.25. The van der Waals surface area contributed by atoms with E-state index >= 15 is 0 Å². The van der Waals surface area contributed by atoms with Crippen LogP contribution in [-0.2, 0) is 4.79 Å². The quantitative estimate of drug-likeness (QED) is 0.840. The molecule has 2 amide bonds. The summed E-state index contributed by atoms with van der Waals surface area (Å²) in [6.07, 6.45) is 2.12. The Morgan fingerprint density at radius 1 is 1.24 bits per heavy atom. The second-order valence-electron chi connectivity index (χ2n) is 5.62. The Balaban J connectivity index is 1.74. The summed E-state index contributed by atoms with van der Waals surface area (Å²) in [6.45, 7) is 3.58. The van der Waals surface area contributed by atoms with Crippen LogP contribution in [0.5, 0.6) is 0 Å². The van der Waals surface area contributed by atoms with Gasteiger partial charge in [-0.15, -0.1) is 5.10 Å². The minimum atomic E-state index is -0.830. The number of nitrogens with zero attached hydrogens (tertiary/aromatic N) is 4.